The molecule has 1 fully saturated rings. The molecule has 0 saturated carbocycles. The van der Waals surface area contributed by atoms with Crippen molar-refractivity contribution in [2.75, 3.05) is 13.1 Å². The van der Waals surface area contributed by atoms with Crippen molar-refractivity contribution in [2.24, 2.45) is 0 Å². The van der Waals surface area contributed by atoms with E-state index < -0.39 is 0 Å². The number of halogens is 1. The van der Waals surface area contributed by atoms with E-state index in [0.29, 0.717) is 11.5 Å². The third-order valence-corrected chi connectivity index (χ3v) is 5.97. The van der Waals surface area contributed by atoms with Crippen molar-refractivity contribution in [1.82, 2.24) is 4.90 Å². The molecule has 1 nitrogen and oxygen atoms in total. The van der Waals surface area contributed by atoms with Gasteiger partial charge in [-0.3, -0.25) is 4.90 Å². The van der Waals surface area contributed by atoms with E-state index in [9.17, 15) is 0 Å². The number of hydrogen-bond donors (Lipinski definition) is 0. The SMILES string of the molecule is CC1(C)CCCN1CCCCC(c1ccccc1)c1ccc(Cl)cc1. The summed E-state index contributed by atoms with van der Waals surface area (Å²) in [4.78, 5) is 2.67. The Balaban J connectivity index is 1.61. The first kappa shape index (κ1) is 18.5. The van der Waals surface area contributed by atoms with Crippen molar-refractivity contribution in [1.29, 1.82) is 0 Å². The number of nitrogens with zero attached hydrogens (tertiary/aromatic N) is 1. The van der Waals surface area contributed by atoms with Gasteiger partial charge in [0.05, 0.1) is 0 Å². The summed E-state index contributed by atoms with van der Waals surface area (Å²) in [5, 5.41) is 0.812. The van der Waals surface area contributed by atoms with E-state index in [1.165, 1.54) is 56.3 Å². The average molecular weight is 356 g/mol. The van der Waals surface area contributed by atoms with E-state index in [2.05, 4.69) is 61.2 Å². The topological polar surface area (TPSA) is 3.24 Å². The summed E-state index contributed by atoms with van der Waals surface area (Å²) < 4.78 is 0. The molecule has 25 heavy (non-hydrogen) atoms. The second-order valence-electron chi connectivity index (χ2n) is 7.91. The maximum absolute atomic E-state index is 6.08. The van der Waals surface area contributed by atoms with E-state index in [4.69, 9.17) is 11.6 Å². The Morgan fingerprint density at radius 3 is 2.28 bits per heavy atom. The first-order valence-corrected chi connectivity index (χ1v) is 9.99. The number of benzene rings is 2. The van der Waals surface area contributed by atoms with Gasteiger partial charge in [-0.05, 0) is 75.9 Å². The third kappa shape index (κ3) is 4.86. The second kappa shape index (κ2) is 8.38. The Morgan fingerprint density at radius 1 is 0.960 bits per heavy atom. The van der Waals surface area contributed by atoms with Crippen molar-refractivity contribution in [3.63, 3.8) is 0 Å². The highest BCUT2D eigenvalue weighted by molar-refractivity contribution is 6.30. The maximum Gasteiger partial charge on any atom is 0.0406 e. The van der Waals surface area contributed by atoms with Gasteiger partial charge in [0.15, 0.2) is 0 Å². The first-order chi connectivity index (χ1) is 12.1. The molecule has 1 atom stereocenters. The van der Waals surface area contributed by atoms with Crippen molar-refractivity contribution in [3.8, 4) is 0 Å². The summed E-state index contributed by atoms with van der Waals surface area (Å²) in [5.41, 5.74) is 3.18. The lowest BCUT2D eigenvalue weighted by atomic mass is 9.87. The zero-order valence-corrected chi connectivity index (χ0v) is 16.3. The average Bonchev–Trinajstić information content (AvgIpc) is 2.95. The van der Waals surface area contributed by atoms with Crippen LogP contribution in [0.15, 0.2) is 54.6 Å². The van der Waals surface area contributed by atoms with Crippen LogP contribution in [0.2, 0.25) is 5.02 Å². The Hall–Kier alpha value is -1.31. The summed E-state index contributed by atoms with van der Waals surface area (Å²) in [5.74, 6) is 0.463. The number of unbranched alkanes of at least 4 members (excludes halogenated alkanes) is 1. The normalized spacial score (nSPS) is 18.4. The Labute approximate surface area is 158 Å². The van der Waals surface area contributed by atoms with Crippen LogP contribution in [0.5, 0.6) is 0 Å². The van der Waals surface area contributed by atoms with Crippen LogP contribution >= 0.6 is 11.6 Å². The lowest BCUT2D eigenvalue weighted by Crippen LogP contribution is -2.38. The molecule has 0 bridgehead atoms. The molecule has 0 N–H and O–H groups in total. The summed E-state index contributed by atoms with van der Waals surface area (Å²) >= 11 is 6.08. The van der Waals surface area contributed by atoms with Gasteiger partial charge in [0.2, 0.25) is 0 Å². The minimum Gasteiger partial charge on any atom is -0.298 e. The van der Waals surface area contributed by atoms with Crippen LogP contribution in [0.3, 0.4) is 0 Å². The molecule has 1 saturated heterocycles. The molecule has 1 heterocycles. The summed E-state index contributed by atoms with van der Waals surface area (Å²) in [6.45, 7) is 7.28. The predicted molar refractivity (Wildman–Crippen MR) is 108 cm³/mol. The fourth-order valence-corrected chi connectivity index (χ4v) is 4.26. The molecule has 0 aliphatic carbocycles. The summed E-state index contributed by atoms with van der Waals surface area (Å²) in [7, 11) is 0. The molecular formula is C23H30ClN. The van der Waals surface area contributed by atoms with Gasteiger partial charge >= 0.3 is 0 Å². The number of likely N-dealkylation sites (tertiary alicyclic amines) is 1. The molecule has 0 amide bonds. The molecule has 0 aromatic heterocycles. The fraction of sp³-hybridized carbons (Fsp3) is 0.478. The quantitative estimate of drug-likeness (QED) is 0.511. The van der Waals surface area contributed by atoms with Gasteiger partial charge in [-0.25, -0.2) is 0 Å². The molecule has 2 aromatic carbocycles. The Kier molecular flexibility index (Phi) is 6.19. The monoisotopic (exact) mass is 355 g/mol. The van der Waals surface area contributed by atoms with Crippen LogP contribution < -0.4 is 0 Å². The van der Waals surface area contributed by atoms with E-state index in [-0.39, 0.29) is 0 Å². The van der Waals surface area contributed by atoms with Gasteiger partial charge in [-0.15, -0.1) is 0 Å². The van der Waals surface area contributed by atoms with Gasteiger partial charge in [0.25, 0.3) is 0 Å². The number of rotatable bonds is 7. The zero-order chi connectivity index (χ0) is 17.7. The minimum absolute atomic E-state index is 0.398. The van der Waals surface area contributed by atoms with Gasteiger partial charge in [0, 0.05) is 16.5 Å². The Bertz CT molecular complexity index is 648. The lowest BCUT2D eigenvalue weighted by Gasteiger charge is -2.31. The molecule has 1 aliphatic rings. The molecular weight excluding hydrogens is 326 g/mol. The van der Waals surface area contributed by atoms with Crippen molar-refractivity contribution in [3.05, 3.63) is 70.7 Å². The smallest absolute Gasteiger partial charge is 0.0406 e. The highest BCUT2D eigenvalue weighted by Gasteiger charge is 2.30. The van der Waals surface area contributed by atoms with Gasteiger partial charge in [-0.2, -0.15) is 0 Å². The minimum atomic E-state index is 0.398. The van der Waals surface area contributed by atoms with Gasteiger partial charge < -0.3 is 0 Å². The van der Waals surface area contributed by atoms with E-state index >= 15 is 0 Å². The van der Waals surface area contributed by atoms with Crippen LogP contribution in [0, 0.1) is 0 Å². The highest BCUT2D eigenvalue weighted by Crippen LogP contribution is 2.32. The molecule has 134 valence electrons. The van der Waals surface area contributed by atoms with Crippen molar-refractivity contribution in [2.45, 2.75) is 57.4 Å². The highest BCUT2D eigenvalue weighted by atomic mass is 35.5. The Morgan fingerprint density at radius 2 is 1.64 bits per heavy atom. The molecule has 3 rings (SSSR count). The van der Waals surface area contributed by atoms with Crippen LogP contribution in [-0.2, 0) is 0 Å². The summed E-state index contributed by atoms with van der Waals surface area (Å²) in [6, 6.07) is 19.3. The largest absolute Gasteiger partial charge is 0.298 e. The predicted octanol–water partition coefficient (Wildman–Crippen LogP) is 6.52. The van der Waals surface area contributed by atoms with Crippen LogP contribution in [0.25, 0.3) is 0 Å². The van der Waals surface area contributed by atoms with Gasteiger partial charge in [0.1, 0.15) is 0 Å². The van der Waals surface area contributed by atoms with Crippen molar-refractivity contribution >= 4 is 11.6 Å². The fourth-order valence-electron chi connectivity index (χ4n) is 4.14. The summed E-state index contributed by atoms with van der Waals surface area (Å²) in [6.07, 6.45) is 6.42. The van der Waals surface area contributed by atoms with Crippen molar-refractivity contribution < 1.29 is 0 Å². The van der Waals surface area contributed by atoms with E-state index in [1.54, 1.807) is 0 Å². The van der Waals surface area contributed by atoms with E-state index in [0.717, 1.165) is 5.02 Å². The molecule has 1 aliphatic heterocycles. The van der Waals surface area contributed by atoms with E-state index in [1.807, 2.05) is 12.1 Å². The molecule has 2 heteroatoms. The van der Waals surface area contributed by atoms with Gasteiger partial charge in [-0.1, -0.05) is 60.5 Å². The molecule has 0 spiro atoms. The number of hydrogen-bond acceptors (Lipinski definition) is 1. The zero-order valence-electron chi connectivity index (χ0n) is 15.5. The maximum atomic E-state index is 6.08. The lowest BCUT2D eigenvalue weighted by molar-refractivity contribution is 0.171. The van der Waals surface area contributed by atoms with Crippen LogP contribution in [0.4, 0.5) is 0 Å². The van der Waals surface area contributed by atoms with Crippen LogP contribution in [-0.4, -0.2) is 23.5 Å². The third-order valence-electron chi connectivity index (χ3n) is 5.72. The first-order valence-electron chi connectivity index (χ1n) is 9.62. The molecule has 0 radical (unpaired) electrons. The molecule has 2 aromatic rings. The van der Waals surface area contributed by atoms with Crippen LogP contribution in [0.1, 0.15) is 63.0 Å². The molecule has 1 unspecified atom stereocenters. The standard InChI is InChI=1S/C23H30ClN/c1-23(2)16-8-18-25(23)17-7-6-11-22(19-9-4-3-5-10-19)20-12-14-21(24)15-13-20/h3-5,9-10,12-15,22H,6-8,11,16-18H2,1-2H3. The second-order valence-corrected chi connectivity index (χ2v) is 8.35.